The van der Waals surface area contributed by atoms with Crippen LogP contribution in [-0.4, -0.2) is 32.6 Å². The molecule has 1 N–H and O–H groups in total. The van der Waals surface area contributed by atoms with Crippen molar-refractivity contribution in [2.24, 2.45) is 0 Å². The van der Waals surface area contributed by atoms with Gasteiger partial charge in [0.15, 0.2) is 9.84 Å². The van der Waals surface area contributed by atoms with E-state index in [1.165, 1.54) is 0 Å². The maximum atomic E-state index is 11.4. The summed E-state index contributed by atoms with van der Waals surface area (Å²) in [7, 11) is -3.01. The van der Waals surface area contributed by atoms with Gasteiger partial charge in [-0.25, -0.2) is 8.42 Å². The predicted molar refractivity (Wildman–Crippen MR) is 83.3 cm³/mol. The first-order valence-corrected chi connectivity index (χ1v) is 8.89. The summed E-state index contributed by atoms with van der Waals surface area (Å²) in [5.41, 5.74) is 1.07. The minimum absolute atomic E-state index is 0.0104. The number of hydrogen-bond acceptors (Lipinski definition) is 4. The lowest BCUT2D eigenvalue weighted by atomic mass is 10.2. The fraction of sp³-hybridized carbons (Fsp3) is 0.571. The van der Waals surface area contributed by atoms with Crippen molar-refractivity contribution in [3.63, 3.8) is 0 Å². The quantitative estimate of drug-likeness (QED) is 0.800. The number of hydrogen-bond donors (Lipinski definition) is 1. The normalized spacial score (nSPS) is 11.8. The molecule has 0 bridgehead atoms. The third-order valence-electron chi connectivity index (χ3n) is 2.80. The molecule has 0 amide bonds. The molecule has 4 nitrogen and oxygen atoms in total. The van der Waals surface area contributed by atoms with Crippen molar-refractivity contribution in [1.82, 2.24) is 5.32 Å². The van der Waals surface area contributed by atoms with Gasteiger partial charge in [0.1, 0.15) is 12.4 Å². The molecule has 0 aromatic heterocycles. The van der Waals surface area contributed by atoms with Crippen molar-refractivity contribution in [3.8, 4) is 5.75 Å². The van der Waals surface area contributed by atoms with Gasteiger partial charge < -0.3 is 10.1 Å². The Kier molecular flexibility index (Phi) is 6.79. The minimum Gasteiger partial charge on any atom is -0.491 e. The number of ether oxygens (including phenoxy) is 1. The van der Waals surface area contributed by atoms with E-state index in [-0.39, 0.29) is 18.1 Å². The van der Waals surface area contributed by atoms with E-state index in [1.54, 1.807) is 13.0 Å². The second kappa shape index (κ2) is 7.86. The van der Waals surface area contributed by atoms with Crippen LogP contribution in [0.25, 0.3) is 0 Å². The second-order valence-electron chi connectivity index (χ2n) is 4.89. The molecule has 1 aromatic carbocycles. The highest BCUT2D eigenvalue weighted by atomic mass is 35.5. The Morgan fingerprint density at radius 1 is 1.35 bits per heavy atom. The van der Waals surface area contributed by atoms with Gasteiger partial charge in [0.25, 0.3) is 0 Å². The molecule has 0 atom stereocenters. The first-order valence-electron chi connectivity index (χ1n) is 6.69. The van der Waals surface area contributed by atoms with Gasteiger partial charge in [0.2, 0.25) is 0 Å². The third-order valence-corrected chi connectivity index (χ3v) is 4.77. The van der Waals surface area contributed by atoms with Crippen molar-refractivity contribution in [3.05, 3.63) is 28.8 Å². The molecule has 0 aliphatic carbocycles. The summed E-state index contributed by atoms with van der Waals surface area (Å²) in [5.74, 6) is 0.659. The highest BCUT2D eigenvalue weighted by molar-refractivity contribution is 7.91. The molecule has 0 heterocycles. The molecule has 0 saturated heterocycles. The van der Waals surface area contributed by atoms with Gasteiger partial charge in [0, 0.05) is 18.3 Å². The zero-order valence-corrected chi connectivity index (χ0v) is 13.7. The maximum Gasteiger partial charge on any atom is 0.153 e. The standard InChI is InChI=1S/C14H22ClNO3S/c1-4-20(17,18)8-7-19-14-6-5-12(9-13(14)15)10-16-11(2)3/h5-6,9,11,16H,4,7-8,10H2,1-3H3. The maximum absolute atomic E-state index is 11.4. The van der Waals surface area contributed by atoms with Crippen LogP contribution in [0.1, 0.15) is 26.3 Å². The van der Waals surface area contributed by atoms with Crippen LogP contribution in [0, 0.1) is 0 Å². The molecule has 0 aliphatic heterocycles. The van der Waals surface area contributed by atoms with E-state index in [0.29, 0.717) is 16.8 Å². The number of benzene rings is 1. The number of rotatable bonds is 8. The van der Waals surface area contributed by atoms with Crippen molar-refractivity contribution < 1.29 is 13.2 Å². The fourth-order valence-corrected chi connectivity index (χ4v) is 2.40. The van der Waals surface area contributed by atoms with E-state index in [4.69, 9.17) is 16.3 Å². The highest BCUT2D eigenvalue weighted by Gasteiger charge is 2.09. The van der Waals surface area contributed by atoms with Crippen LogP contribution in [0.4, 0.5) is 0 Å². The number of sulfone groups is 1. The summed E-state index contributed by atoms with van der Waals surface area (Å²) < 4.78 is 28.1. The molecule has 0 saturated carbocycles. The Balaban J connectivity index is 2.56. The molecule has 20 heavy (non-hydrogen) atoms. The molecule has 0 spiro atoms. The van der Waals surface area contributed by atoms with Gasteiger partial charge in [-0.2, -0.15) is 0 Å². The van der Waals surface area contributed by atoms with Crippen LogP contribution in [-0.2, 0) is 16.4 Å². The molecule has 0 fully saturated rings. The topological polar surface area (TPSA) is 55.4 Å². The number of nitrogens with one attached hydrogen (secondary N) is 1. The minimum atomic E-state index is -3.01. The van der Waals surface area contributed by atoms with Gasteiger partial charge in [-0.3, -0.25) is 0 Å². The van der Waals surface area contributed by atoms with E-state index in [1.807, 2.05) is 12.1 Å². The molecule has 1 rings (SSSR count). The van der Waals surface area contributed by atoms with E-state index in [2.05, 4.69) is 19.2 Å². The average molecular weight is 320 g/mol. The molecule has 1 aromatic rings. The largest absolute Gasteiger partial charge is 0.491 e. The van der Waals surface area contributed by atoms with Crippen LogP contribution in [0.15, 0.2) is 18.2 Å². The lowest BCUT2D eigenvalue weighted by Gasteiger charge is -2.11. The molecule has 6 heteroatoms. The summed E-state index contributed by atoms with van der Waals surface area (Å²) in [5, 5.41) is 3.80. The van der Waals surface area contributed by atoms with E-state index >= 15 is 0 Å². The van der Waals surface area contributed by atoms with Gasteiger partial charge in [-0.05, 0) is 17.7 Å². The fourth-order valence-electron chi connectivity index (χ4n) is 1.52. The first kappa shape index (κ1) is 17.3. The smallest absolute Gasteiger partial charge is 0.153 e. The third kappa shape index (κ3) is 6.11. The van der Waals surface area contributed by atoms with Crippen molar-refractivity contribution in [1.29, 1.82) is 0 Å². The van der Waals surface area contributed by atoms with Gasteiger partial charge in [-0.15, -0.1) is 0 Å². The Morgan fingerprint density at radius 3 is 2.60 bits per heavy atom. The molecule has 0 unspecified atom stereocenters. The zero-order valence-electron chi connectivity index (χ0n) is 12.1. The Morgan fingerprint density at radius 2 is 2.05 bits per heavy atom. The van der Waals surface area contributed by atoms with E-state index in [9.17, 15) is 8.42 Å². The Labute approximate surface area is 126 Å². The summed E-state index contributed by atoms with van der Waals surface area (Å²) >= 11 is 6.13. The first-order chi connectivity index (χ1) is 9.34. The Hall–Kier alpha value is -0.780. The van der Waals surface area contributed by atoms with Crippen LogP contribution >= 0.6 is 11.6 Å². The van der Waals surface area contributed by atoms with E-state index in [0.717, 1.165) is 12.1 Å². The van der Waals surface area contributed by atoms with Gasteiger partial charge in [0.05, 0.1) is 10.8 Å². The van der Waals surface area contributed by atoms with Crippen LogP contribution < -0.4 is 10.1 Å². The zero-order chi connectivity index (χ0) is 15.2. The Bertz CT molecular complexity index is 529. The summed E-state index contributed by atoms with van der Waals surface area (Å²) in [4.78, 5) is 0. The van der Waals surface area contributed by atoms with Gasteiger partial charge >= 0.3 is 0 Å². The summed E-state index contributed by atoms with van der Waals surface area (Å²) in [6.07, 6.45) is 0. The predicted octanol–water partition coefficient (Wildman–Crippen LogP) is 2.65. The lowest BCUT2D eigenvalue weighted by Crippen LogP contribution is -2.21. The molecule has 0 radical (unpaired) electrons. The van der Waals surface area contributed by atoms with Crippen molar-refractivity contribution in [2.75, 3.05) is 18.1 Å². The monoisotopic (exact) mass is 319 g/mol. The molecule has 0 aliphatic rings. The summed E-state index contributed by atoms with van der Waals surface area (Å²) in [6.45, 7) is 6.64. The lowest BCUT2D eigenvalue weighted by molar-refractivity contribution is 0.341. The van der Waals surface area contributed by atoms with Crippen molar-refractivity contribution in [2.45, 2.75) is 33.4 Å². The molecular formula is C14H22ClNO3S. The van der Waals surface area contributed by atoms with Crippen molar-refractivity contribution >= 4 is 21.4 Å². The van der Waals surface area contributed by atoms with Gasteiger partial charge in [-0.1, -0.05) is 38.4 Å². The summed E-state index contributed by atoms with van der Waals surface area (Å²) in [6, 6.07) is 5.94. The van der Waals surface area contributed by atoms with Crippen LogP contribution in [0.2, 0.25) is 5.02 Å². The molecule has 114 valence electrons. The number of halogens is 1. The SMILES string of the molecule is CCS(=O)(=O)CCOc1ccc(CNC(C)C)cc1Cl. The van der Waals surface area contributed by atoms with E-state index < -0.39 is 9.84 Å². The average Bonchev–Trinajstić information content (AvgIpc) is 2.38. The highest BCUT2D eigenvalue weighted by Crippen LogP contribution is 2.25. The molecular weight excluding hydrogens is 298 g/mol. The van der Waals surface area contributed by atoms with Crippen LogP contribution in [0.3, 0.4) is 0 Å². The van der Waals surface area contributed by atoms with Crippen LogP contribution in [0.5, 0.6) is 5.75 Å². The second-order valence-corrected chi connectivity index (χ2v) is 7.77.